The second-order valence-corrected chi connectivity index (χ2v) is 6.18. The van der Waals surface area contributed by atoms with Gasteiger partial charge in [0.15, 0.2) is 15.9 Å². The average Bonchev–Trinajstić information content (AvgIpc) is 2.95. The van der Waals surface area contributed by atoms with Gasteiger partial charge in [-0.3, -0.25) is 0 Å². The molecule has 3 heterocycles. The number of nitrogens with zero attached hydrogens (tertiary/aromatic N) is 4. The van der Waals surface area contributed by atoms with Crippen LogP contribution in [0.15, 0.2) is 34.0 Å². The minimum absolute atomic E-state index is 0.0647. The van der Waals surface area contributed by atoms with Crippen LogP contribution in [0.1, 0.15) is 23.6 Å². The van der Waals surface area contributed by atoms with Crippen molar-refractivity contribution in [2.45, 2.75) is 17.3 Å². The highest BCUT2D eigenvalue weighted by Gasteiger charge is 2.15. The molecule has 0 spiro atoms. The van der Waals surface area contributed by atoms with Crippen LogP contribution in [0.25, 0.3) is 11.0 Å². The normalized spacial score (nSPS) is 12.2. The number of nitrogens with two attached hydrogens (primary N) is 1. The first-order valence-electron chi connectivity index (χ1n) is 6.32. The molecule has 0 fully saturated rings. The topological polar surface area (TPSA) is 102 Å². The van der Waals surface area contributed by atoms with Crippen molar-refractivity contribution < 1.29 is 4.42 Å². The van der Waals surface area contributed by atoms with E-state index in [0.717, 1.165) is 11.1 Å². The van der Waals surface area contributed by atoms with Crippen LogP contribution in [0.3, 0.4) is 0 Å². The van der Waals surface area contributed by atoms with Crippen molar-refractivity contribution in [1.82, 2.24) is 15.0 Å². The monoisotopic (exact) mass is 331 g/mol. The van der Waals surface area contributed by atoms with E-state index in [9.17, 15) is 0 Å². The Morgan fingerprint density at radius 1 is 1.36 bits per heavy atom. The summed E-state index contributed by atoms with van der Waals surface area (Å²) in [5, 5.41) is 10.5. The first kappa shape index (κ1) is 14.6. The molecule has 0 aliphatic rings. The van der Waals surface area contributed by atoms with Gasteiger partial charge in [-0.05, 0) is 19.1 Å². The number of halogens is 1. The van der Waals surface area contributed by atoms with Gasteiger partial charge in [0.1, 0.15) is 17.6 Å². The Labute approximate surface area is 135 Å². The van der Waals surface area contributed by atoms with Crippen molar-refractivity contribution in [1.29, 1.82) is 5.26 Å². The second kappa shape index (κ2) is 5.83. The van der Waals surface area contributed by atoms with E-state index in [0.29, 0.717) is 15.9 Å². The van der Waals surface area contributed by atoms with Crippen molar-refractivity contribution in [2.24, 2.45) is 0 Å². The van der Waals surface area contributed by atoms with Crippen molar-refractivity contribution in [3.8, 4) is 6.07 Å². The molecule has 110 valence electrons. The summed E-state index contributed by atoms with van der Waals surface area (Å²) < 4.78 is 5.27. The van der Waals surface area contributed by atoms with Crippen molar-refractivity contribution in [2.75, 3.05) is 5.73 Å². The largest absolute Gasteiger partial charge is 0.461 e. The molecule has 0 aliphatic heterocycles. The van der Waals surface area contributed by atoms with E-state index in [-0.39, 0.29) is 16.8 Å². The Balaban J connectivity index is 1.91. The third-order valence-electron chi connectivity index (χ3n) is 2.95. The number of anilines is 1. The molecule has 0 saturated carbocycles. The molecule has 3 rings (SSSR count). The lowest BCUT2D eigenvalue weighted by atomic mass is 10.2. The van der Waals surface area contributed by atoms with Crippen molar-refractivity contribution in [3.05, 3.63) is 41.0 Å². The van der Waals surface area contributed by atoms with Crippen LogP contribution in [0, 0.1) is 11.3 Å². The molecule has 3 aromatic rings. The van der Waals surface area contributed by atoms with Gasteiger partial charge in [0.25, 0.3) is 0 Å². The quantitative estimate of drug-likeness (QED) is 0.444. The summed E-state index contributed by atoms with van der Waals surface area (Å²) in [6.07, 6.45) is 1.57. The van der Waals surface area contributed by atoms with Gasteiger partial charge in [-0.1, -0.05) is 23.4 Å². The molecule has 0 amide bonds. The lowest BCUT2D eigenvalue weighted by molar-refractivity contribution is 0.614. The van der Waals surface area contributed by atoms with Gasteiger partial charge in [-0.2, -0.15) is 5.26 Å². The summed E-state index contributed by atoms with van der Waals surface area (Å²) in [6, 6.07) is 7.12. The molecule has 1 unspecified atom stereocenters. The summed E-state index contributed by atoms with van der Waals surface area (Å²) in [7, 11) is 0. The maximum atomic E-state index is 8.92. The van der Waals surface area contributed by atoms with Crippen molar-refractivity contribution in [3.63, 3.8) is 0 Å². The van der Waals surface area contributed by atoms with Gasteiger partial charge < -0.3 is 10.2 Å². The average molecular weight is 332 g/mol. The number of nitriles is 1. The Hall–Kier alpha value is -2.30. The molecule has 0 aliphatic carbocycles. The molecular formula is C14H10ClN5OS. The maximum Gasteiger partial charge on any atom is 0.191 e. The fourth-order valence-electron chi connectivity index (χ4n) is 1.94. The van der Waals surface area contributed by atoms with Crippen LogP contribution in [-0.2, 0) is 0 Å². The van der Waals surface area contributed by atoms with E-state index >= 15 is 0 Å². The number of pyridine rings is 1. The minimum atomic E-state index is -0.0647. The molecule has 0 aromatic carbocycles. The molecule has 8 heteroatoms. The number of furan rings is 1. The lowest BCUT2D eigenvalue weighted by Crippen LogP contribution is -2.00. The molecule has 2 N–H and O–H groups in total. The van der Waals surface area contributed by atoms with E-state index in [2.05, 4.69) is 15.0 Å². The number of hydrogen-bond acceptors (Lipinski definition) is 7. The molecule has 0 bridgehead atoms. The SMILES string of the molecule is CC(Sc1nc(N)cc(C#N)n1)c1cc2ccoc2c(Cl)n1. The second-order valence-electron chi connectivity index (χ2n) is 4.51. The Morgan fingerprint density at radius 3 is 2.95 bits per heavy atom. The number of hydrogen-bond donors (Lipinski definition) is 1. The molecule has 0 saturated heterocycles. The first-order chi connectivity index (χ1) is 10.6. The van der Waals surface area contributed by atoms with Crippen LogP contribution in [0.2, 0.25) is 5.15 Å². The Bertz CT molecular complexity index is 889. The highest BCUT2D eigenvalue weighted by molar-refractivity contribution is 7.99. The summed E-state index contributed by atoms with van der Waals surface area (Å²) >= 11 is 7.47. The molecule has 22 heavy (non-hydrogen) atoms. The van der Waals surface area contributed by atoms with E-state index in [1.165, 1.54) is 17.8 Å². The molecule has 1 atom stereocenters. The fourth-order valence-corrected chi connectivity index (χ4v) is 3.05. The van der Waals surface area contributed by atoms with Crippen LogP contribution >= 0.6 is 23.4 Å². The lowest BCUT2D eigenvalue weighted by Gasteiger charge is -2.10. The number of thioether (sulfide) groups is 1. The first-order valence-corrected chi connectivity index (χ1v) is 7.57. The Kier molecular flexibility index (Phi) is 3.88. The van der Waals surface area contributed by atoms with Crippen molar-refractivity contribution >= 4 is 40.1 Å². The predicted molar refractivity (Wildman–Crippen MR) is 84.5 cm³/mol. The van der Waals surface area contributed by atoms with Gasteiger partial charge in [0, 0.05) is 11.5 Å². The number of nitrogen functional groups attached to an aromatic ring is 1. The number of aromatic nitrogens is 3. The van der Waals surface area contributed by atoms with Gasteiger partial charge in [0.2, 0.25) is 0 Å². The highest BCUT2D eigenvalue weighted by atomic mass is 35.5. The van der Waals surface area contributed by atoms with E-state index in [1.54, 1.807) is 6.26 Å². The summed E-state index contributed by atoms with van der Waals surface area (Å²) in [5.41, 5.74) is 7.24. The summed E-state index contributed by atoms with van der Waals surface area (Å²) in [6.45, 7) is 1.95. The number of fused-ring (bicyclic) bond motifs is 1. The number of rotatable bonds is 3. The maximum absolute atomic E-state index is 8.92. The van der Waals surface area contributed by atoms with Gasteiger partial charge in [-0.25, -0.2) is 15.0 Å². The summed E-state index contributed by atoms with van der Waals surface area (Å²) in [5.74, 6) is 0.262. The van der Waals surface area contributed by atoms with E-state index in [4.69, 9.17) is 27.0 Å². The zero-order valence-electron chi connectivity index (χ0n) is 11.4. The zero-order chi connectivity index (χ0) is 15.7. The van der Waals surface area contributed by atoms with Crippen LogP contribution in [0.5, 0.6) is 0 Å². The van der Waals surface area contributed by atoms with E-state index < -0.39 is 0 Å². The van der Waals surface area contributed by atoms with Crippen LogP contribution in [-0.4, -0.2) is 15.0 Å². The smallest absolute Gasteiger partial charge is 0.191 e. The third-order valence-corrected chi connectivity index (χ3v) is 4.20. The Morgan fingerprint density at radius 2 is 2.18 bits per heavy atom. The molecule has 6 nitrogen and oxygen atoms in total. The molecule has 0 radical (unpaired) electrons. The zero-order valence-corrected chi connectivity index (χ0v) is 13.0. The van der Waals surface area contributed by atoms with Gasteiger partial charge in [0.05, 0.1) is 17.2 Å². The van der Waals surface area contributed by atoms with Gasteiger partial charge in [-0.15, -0.1) is 0 Å². The summed E-state index contributed by atoms with van der Waals surface area (Å²) in [4.78, 5) is 12.6. The molecule has 3 aromatic heterocycles. The fraction of sp³-hybridized carbons (Fsp3) is 0.143. The third kappa shape index (κ3) is 2.84. The van der Waals surface area contributed by atoms with Crippen LogP contribution in [0.4, 0.5) is 5.82 Å². The highest BCUT2D eigenvalue weighted by Crippen LogP contribution is 2.35. The van der Waals surface area contributed by atoms with Gasteiger partial charge >= 0.3 is 0 Å². The molecular weight excluding hydrogens is 322 g/mol. The van der Waals surface area contributed by atoms with E-state index in [1.807, 2.05) is 25.1 Å². The predicted octanol–water partition coefficient (Wildman–Crippen LogP) is 3.58. The minimum Gasteiger partial charge on any atom is -0.461 e. The van der Waals surface area contributed by atoms with Crippen LogP contribution < -0.4 is 5.73 Å². The standard InChI is InChI=1S/C14H10ClN5OS/c1-7(22-14-18-9(6-16)5-11(17)20-14)10-4-8-2-3-21-12(8)13(15)19-10/h2-5,7H,1H3,(H2,17,18,20).